The van der Waals surface area contributed by atoms with Crippen molar-refractivity contribution in [2.75, 3.05) is 39.4 Å². The van der Waals surface area contributed by atoms with Crippen LogP contribution in [0.2, 0.25) is 0 Å². The van der Waals surface area contributed by atoms with Crippen molar-refractivity contribution < 1.29 is 9.47 Å². The van der Waals surface area contributed by atoms with Crippen molar-refractivity contribution in [3.8, 4) is 11.5 Å². The molecule has 0 fully saturated rings. The third kappa shape index (κ3) is 3.87. The first-order chi connectivity index (χ1) is 9.74. The molecule has 0 aliphatic carbocycles. The van der Waals surface area contributed by atoms with Crippen LogP contribution in [-0.2, 0) is 0 Å². The van der Waals surface area contributed by atoms with Crippen LogP contribution in [0.4, 0.5) is 0 Å². The van der Waals surface area contributed by atoms with Gasteiger partial charge >= 0.3 is 0 Å². The molecule has 4 nitrogen and oxygen atoms in total. The summed E-state index contributed by atoms with van der Waals surface area (Å²) in [6.07, 6.45) is 0. The van der Waals surface area contributed by atoms with Crippen LogP contribution in [0.25, 0.3) is 0 Å². The molecule has 1 aliphatic rings. The number of nitrogens with zero attached hydrogens (tertiary/aromatic N) is 1. The quantitative estimate of drug-likeness (QED) is 0.830. The first-order valence-corrected chi connectivity index (χ1v) is 7.59. The van der Waals surface area contributed by atoms with E-state index in [1.165, 1.54) is 5.56 Å². The van der Waals surface area contributed by atoms with E-state index >= 15 is 0 Å². The van der Waals surface area contributed by atoms with Crippen LogP contribution in [0.5, 0.6) is 11.5 Å². The number of likely N-dealkylation sites (N-methyl/N-ethyl adjacent to an activating group) is 1. The number of fused-ring (bicyclic) bond motifs is 1. The Balaban J connectivity index is 1.87. The second-order valence-electron chi connectivity index (χ2n) is 5.11. The average Bonchev–Trinajstić information content (AvgIpc) is 2.51. The van der Waals surface area contributed by atoms with Gasteiger partial charge in [0.05, 0.1) is 0 Å². The second kappa shape index (κ2) is 7.50. The number of hydrogen-bond acceptors (Lipinski definition) is 4. The Morgan fingerprint density at radius 1 is 1.15 bits per heavy atom. The number of rotatable bonds is 7. The fraction of sp³-hybridized carbons (Fsp3) is 0.625. The maximum atomic E-state index is 5.63. The van der Waals surface area contributed by atoms with Crippen LogP contribution >= 0.6 is 0 Å². The van der Waals surface area contributed by atoms with Crippen molar-refractivity contribution in [2.24, 2.45) is 0 Å². The highest BCUT2D eigenvalue weighted by atomic mass is 16.6. The Morgan fingerprint density at radius 2 is 1.85 bits per heavy atom. The number of hydrogen-bond donors (Lipinski definition) is 1. The minimum atomic E-state index is 0.321. The van der Waals surface area contributed by atoms with Crippen LogP contribution in [0, 0.1) is 0 Å². The Labute approximate surface area is 122 Å². The number of benzene rings is 1. The van der Waals surface area contributed by atoms with Gasteiger partial charge in [0.2, 0.25) is 0 Å². The molecule has 0 spiro atoms. The Bertz CT molecular complexity index is 419. The van der Waals surface area contributed by atoms with Gasteiger partial charge in [-0.05, 0) is 37.7 Å². The van der Waals surface area contributed by atoms with Gasteiger partial charge in [-0.25, -0.2) is 0 Å². The third-order valence-corrected chi connectivity index (χ3v) is 3.84. The molecule has 0 aromatic heterocycles. The lowest BCUT2D eigenvalue weighted by atomic mass is 10.1. The molecule has 1 atom stereocenters. The van der Waals surface area contributed by atoms with Crippen molar-refractivity contribution in [3.63, 3.8) is 0 Å². The van der Waals surface area contributed by atoms with Crippen molar-refractivity contribution in [2.45, 2.75) is 26.8 Å². The maximum absolute atomic E-state index is 5.63. The second-order valence-corrected chi connectivity index (χ2v) is 5.11. The monoisotopic (exact) mass is 278 g/mol. The Kier molecular flexibility index (Phi) is 5.68. The highest BCUT2D eigenvalue weighted by molar-refractivity contribution is 5.44. The van der Waals surface area contributed by atoms with Crippen LogP contribution in [0.1, 0.15) is 32.4 Å². The molecule has 1 N–H and O–H groups in total. The third-order valence-electron chi connectivity index (χ3n) is 3.84. The zero-order chi connectivity index (χ0) is 14.4. The van der Waals surface area contributed by atoms with Crippen LogP contribution in [0.15, 0.2) is 18.2 Å². The minimum absolute atomic E-state index is 0.321. The molecule has 1 aliphatic heterocycles. The lowest BCUT2D eigenvalue weighted by Gasteiger charge is -2.22. The summed E-state index contributed by atoms with van der Waals surface area (Å²) in [5.41, 5.74) is 1.24. The molecule has 20 heavy (non-hydrogen) atoms. The Morgan fingerprint density at radius 3 is 2.55 bits per heavy atom. The van der Waals surface area contributed by atoms with E-state index < -0.39 is 0 Å². The highest BCUT2D eigenvalue weighted by Crippen LogP contribution is 2.32. The molecular formula is C16H26N2O2. The van der Waals surface area contributed by atoms with E-state index in [2.05, 4.69) is 43.1 Å². The molecule has 1 unspecified atom stereocenters. The largest absolute Gasteiger partial charge is 0.486 e. The van der Waals surface area contributed by atoms with Gasteiger partial charge in [-0.1, -0.05) is 19.9 Å². The molecule has 0 amide bonds. The van der Waals surface area contributed by atoms with E-state index in [-0.39, 0.29) is 0 Å². The van der Waals surface area contributed by atoms with Crippen LogP contribution < -0.4 is 14.8 Å². The number of ether oxygens (including phenoxy) is 2. The molecule has 0 bridgehead atoms. The molecule has 1 heterocycles. The van der Waals surface area contributed by atoms with Crippen molar-refractivity contribution in [1.29, 1.82) is 0 Å². The number of nitrogens with one attached hydrogen (secondary N) is 1. The molecule has 2 rings (SSSR count). The van der Waals surface area contributed by atoms with Gasteiger partial charge in [0.25, 0.3) is 0 Å². The first-order valence-electron chi connectivity index (χ1n) is 7.59. The lowest BCUT2D eigenvalue weighted by molar-refractivity contribution is 0.171. The molecule has 4 heteroatoms. The van der Waals surface area contributed by atoms with E-state index in [1.54, 1.807) is 0 Å². The molecule has 0 saturated heterocycles. The molecule has 1 aromatic rings. The van der Waals surface area contributed by atoms with Gasteiger partial charge in [0, 0.05) is 19.1 Å². The van der Waals surface area contributed by atoms with E-state index in [0.29, 0.717) is 19.3 Å². The summed E-state index contributed by atoms with van der Waals surface area (Å²) < 4.78 is 11.2. The van der Waals surface area contributed by atoms with Gasteiger partial charge in [-0.2, -0.15) is 0 Å². The summed E-state index contributed by atoms with van der Waals surface area (Å²) in [5.74, 6) is 1.72. The van der Waals surface area contributed by atoms with Crippen LogP contribution in [-0.4, -0.2) is 44.3 Å². The first kappa shape index (κ1) is 15.1. The van der Waals surface area contributed by atoms with Gasteiger partial charge < -0.3 is 19.7 Å². The molecular weight excluding hydrogens is 252 g/mol. The predicted octanol–water partition coefficient (Wildman–Crippen LogP) is 2.45. The standard InChI is InChI=1S/C16H26N2O2/c1-4-18(5-2)9-8-17-13(3)14-6-7-15-16(12-14)20-11-10-19-15/h6-7,12-13,17H,4-5,8-11H2,1-3H3. The van der Waals surface area contributed by atoms with E-state index in [9.17, 15) is 0 Å². The summed E-state index contributed by atoms with van der Waals surface area (Å²) in [6.45, 7) is 12.2. The van der Waals surface area contributed by atoms with Crippen molar-refractivity contribution >= 4 is 0 Å². The maximum Gasteiger partial charge on any atom is 0.161 e. The fourth-order valence-corrected chi connectivity index (χ4v) is 2.43. The van der Waals surface area contributed by atoms with Gasteiger partial charge in [0.1, 0.15) is 13.2 Å². The summed E-state index contributed by atoms with van der Waals surface area (Å²) >= 11 is 0. The summed E-state index contributed by atoms with van der Waals surface area (Å²) in [7, 11) is 0. The predicted molar refractivity (Wildman–Crippen MR) is 81.6 cm³/mol. The van der Waals surface area contributed by atoms with E-state index in [0.717, 1.165) is 37.7 Å². The topological polar surface area (TPSA) is 33.7 Å². The molecule has 1 aromatic carbocycles. The molecule has 0 radical (unpaired) electrons. The molecule has 112 valence electrons. The minimum Gasteiger partial charge on any atom is -0.486 e. The molecule has 0 saturated carbocycles. The average molecular weight is 278 g/mol. The van der Waals surface area contributed by atoms with Gasteiger partial charge in [-0.3, -0.25) is 0 Å². The van der Waals surface area contributed by atoms with Crippen molar-refractivity contribution in [3.05, 3.63) is 23.8 Å². The van der Waals surface area contributed by atoms with Crippen LogP contribution in [0.3, 0.4) is 0 Å². The normalized spacial score (nSPS) is 15.4. The Hall–Kier alpha value is -1.26. The lowest BCUT2D eigenvalue weighted by Crippen LogP contribution is -2.33. The highest BCUT2D eigenvalue weighted by Gasteiger charge is 2.14. The summed E-state index contributed by atoms with van der Waals surface area (Å²) in [6, 6.07) is 6.53. The summed E-state index contributed by atoms with van der Waals surface area (Å²) in [5, 5.41) is 3.57. The van der Waals surface area contributed by atoms with E-state index in [1.807, 2.05) is 6.07 Å². The summed E-state index contributed by atoms with van der Waals surface area (Å²) in [4.78, 5) is 2.42. The zero-order valence-electron chi connectivity index (χ0n) is 12.8. The van der Waals surface area contributed by atoms with Gasteiger partial charge in [-0.15, -0.1) is 0 Å². The fourth-order valence-electron chi connectivity index (χ4n) is 2.43. The van der Waals surface area contributed by atoms with E-state index in [4.69, 9.17) is 9.47 Å². The SMILES string of the molecule is CCN(CC)CCNC(C)c1ccc2c(c1)OCCO2. The smallest absolute Gasteiger partial charge is 0.161 e. The van der Waals surface area contributed by atoms with Crippen molar-refractivity contribution in [1.82, 2.24) is 10.2 Å². The van der Waals surface area contributed by atoms with Gasteiger partial charge in [0.15, 0.2) is 11.5 Å². The zero-order valence-corrected chi connectivity index (χ0v) is 12.8.